The molecular weight excluding hydrogens is 208 g/mol. The SMILES string of the molecule is CC(C)Nc1ccc([N]c2ccccc2)cc1. The number of hydrogen-bond acceptors (Lipinski definition) is 1. The molecule has 0 bridgehead atoms. The van der Waals surface area contributed by atoms with E-state index in [4.69, 9.17) is 0 Å². The van der Waals surface area contributed by atoms with Crippen molar-refractivity contribution in [2.24, 2.45) is 0 Å². The number of anilines is 1. The molecule has 0 aliphatic rings. The normalized spacial score (nSPS) is 10.3. The van der Waals surface area contributed by atoms with Crippen molar-refractivity contribution >= 4 is 17.1 Å². The molecular formula is C15H17N2. The van der Waals surface area contributed by atoms with Crippen LogP contribution in [-0.4, -0.2) is 6.04 Å². The van der Waals surface area contributed by atoms with E-state index in [1.54, 1.807) is 0 Å². The van der Waals surface area contributed by atoms with E-state index in [2.05, 4.69) is 36.6 Å². The van der Waals surface area contributed by atoms with Gasteiger partial charge in [0.05, 0.1) is 11.4 Å². The average molecular weight is 225 g/mol. The maximum atomic E-state index is 4.53. The first kappa shape index (κ1) is 11.5. The van der Waals surface area contributed by atoms with Gasteiger partial charge in [-0.15, -0.1) is 0 Å². The Morgan fingerprint density at radius 3 is 2.00 bits per heavy atom. The zero-order valence-electron chi connectivity index (χ0n) is 10.2. The predicted molar refractivity (Wildman–Crippen MR) is 73.1 cm³/mol. The summed E-state index contributed by atoms with van der Waals surface area (Å²) in [5.74, 6) is 0. The van der Waals surface area contributed by atoms with Gasteiger partial charge >= 0.3 is 0 Å². The smallest absolute Gasteiger partial charge is 0.0638 e. The third-order valence-corrected chi connectivity index (χ3v) is 2.34. The lowest BCUT2D eigenvalue weighted by Gasteiger charge is -2.10. The molecule has 87 valence electrons. The van der Waals surface area contributed by atoms with Crippen molar-refractivity contribution in [1.29, 1.82) is 0 Å². The van der Waals surface area contributed by atoms with Crippen molar-refractivity contribution in [3.63, 3.8) is 0 Å². The molecule has 17 heavy (non-hydrogen) atoms. The Morgan fingerprint density at radius 2 is 1.41 bits per heavy atom. The summed E-state index contributed by atoms with van der Waals surface area (Å²) in [7, 11) is 0. The Morgan fingerprint density at radius 1 is 0.824 bits per heavy atom. The molecule has 0 atom stereocenters. The lowest BCUT2D eigenvalue weighted by Crippen LogP contribution is -2.09. The van der Waals surface area contributed by atoms with Gasteiger partial charge < -0.3 is 5.32 Å². The van der Waals surface area contributed by atoms with E-state index in [-0.39, 0.29) is 0 Å². The highest BCUT2D eigenvalue weighted by Gasteiger charge is 1.98. The van der Waals surface area contributed by atoms with Crippen LogP contribution in [0.4, 0.5) is 17.1 Å². The quantitative estimate of drug-likeness (QED) is 0.833. The Kier molecular flexibility index (Phi) is 3.66. The molecule has 2 nitrogen and oxygen atoms in total. The molecule has 0 aromatic heterocycles. The van der Waals surface area contributed by atoms with Gasteiger partial charge in [0.1, 0.15) is 0 Å². The molecule has 0 saturated heterocycles. The summed E-state index contributed by atoms with van der Waals surface area (Å²) in [5, 5.41) is 7.89. The van der Waals surface area contributed by atoms with Crippen LogP contribution in [-0.2, 0) is 0 Å². The van der Waals surface area contributed by atoms with Crippen LogP contribution in [0.2, 0.25) is 0 Å². The molecule has 1 radical (unpaired) electrons. The molecule has 0 heterocycles. The zero-order valence-corrected chi connectivity index (χ0v) is 10.2. The summed E-state index contributed by atoms with van der Waals surface area (Å²) in [5.41, 5.74) is 3.09. The summed E-state index contributed by atoms with van der Waals surface area (Å²) in [6, 6.07) is 18.6. The molecule has 2 heteroatoms. The molecule has 0 spiro atoms. The van der Waals surface area contributed by atoms with E-state index in [9.17, 15) is 0 Å². The van der Waals surface area contributed by atoms with Gasteiger partial charge in [0.25, 0.3) is 0 Å². The molecule has 1 N–H and O–H groups in total. The van der Waals surface area contributed by atoms with E-state index >= 15 is 0 Å². The second-order valence-electron chi connectivity index (χ2n) is 4.29. The third kappa shape index (κ3) is 3.52. The number of nitrogens with one attached hydrogen (secondary N) is 1. The molecule has 0 unspecified atom stereocenters. The fourth-order valence-corrected chi connectivity index (χ4v) is 1.62. The summed E-state index contributed by atoms with van der Waals surface area (Å²) in [6.07, 6.45) is 0. The van der Waals surface area contributed by atoms with Crippen molar-refractivity contribution in [2.75, 3.05) is 5.32 Å². The van der Waals surface area contributed by atoms with Crippen molar-refractivity contribution in [1.82, 2.24) is 5.32 Å². The predicted octanol–water partition coefficient (Wildman–Crippen LogP) is 4.07. The van der Waals surface area contributed by atoms with Crippen molar-refractivity contribution in [3.05, 3.63) is 54.6 Å². The Hall–Kier alpha value is -1.96. The fraction of sp³-hybridized carbons (Fsp3) is 0.200. The summed E-state index contributed by atoms with van der Waals surface area (Å²) in [4.78, 5) is 0. The lowest BCUT2D eigenvalue weighted by molar-refractivity contribution is 0.899. The highest BCUT2D eigenvalue weighted by molar-refractivity contribution is 5.54. The fourth-order valence-electron chi connectivity index (χ4n) is 1.62. The molecule has 0 aliphatic heterocycles. The van der Waals surface area contributed by atoms with Crippen LogP contribution in [0.3, 0.4) is 0 Å². The number of benzene rings is 2. The Bertz CT molecular complexity index is 446. The maximum Gasteiger partial charge on any atom is 0.0638 e. The molecule has 2 aromatic rings. The average Bonchev–Trinajstić information content (AvgIpc) is 2.32. The van der Waals surface area contributed by atoms with Crippen LogP contribution in [0.5, 0.6) is 0 Å². The van der Waals surface area contributed by atoms with Crippen LogP contribution < -0.4 is 10.6 Å². The molecule has 0 amide bonds. The first-order chi connectivity index (χ1) is 8.24. The third-order valence-electron chi connectivity index (χ3n) is 2.34. The highest BCUT2D eigenvalue weighted by atomic mass is 14.9. The largest absolute Gasteiger partial charge is 0.383 e. The maximum absolute atomic E-state index is 4.53. The van der Waals surface area contributed by atoms with E-state index < -0.39 is 0 Å². The van der Waals surface area contributed by atoms with E-state index in [0.717, 1.165) is 17.1 Å². The molecule has 2 rings (SSSR count). The number of rotatable bonds is 4. The minimum absolute atomic E-state index is 0.451. The van der Waals surface area contributed by atoms with Crippen LogP contribution in [0.1, 0.15) is 13.8 Å². The molecule has 0 aliphatic carbocycles. The summed E-state index contributed by atoms with van der Waals surface area (Å²) >= 11 is 0. The van der Waals surface area contributed by atoms with Crippen LogP contribution in [0, 0.1) is 0 Å². The van der Waals surface area contributed by atoms with Crippen molar-refractivity contribution in [3.8, 4) is 0 Å². The first-order valence-electron chi connectivity index (χ1n) is 5.87. The minimum atomic E-state index is 0.451. The van der Waals surface area contributed by atoms with E-state index in [1.807, 2.05) is 42.5 Å². The van der Waals surface area contributed by atoms with E-state index in [0.29, 0.717) is 6.04 Å². The number of nitrogens with zero attached hydrogens (tertiary/aromatic N) is 1. The van der Waals surface area contributed by atoms with E-state index in [1.165, 1.54) is 0 Å². The van der Waals surface area contributed by atoms with Gasteiger partial charge in [0, 0.05) is 11.7 Å². The number of hydrogen-bond donors (Lipinski definition) is 1. The van der Waals surface area contributed by atoms with Gasteiger partial charge in [-0.05, 0) is 50.2 Å². The Balaban J connectivity index is 2.03. The standard InChI is InChI=1S/C15H17N2/c1-12(2)16-14-8-10-15(11-9-14)17-13-6-4-3-5-7-13/h3-12,16H,1-2H3. The van der Waals surface area contributed by atoms with Crippen LogP contribution in [0.15, 0.2) is 54.6 Å². The van der Waals surface area contributed by atoms with Gasteiger partial charge in [0.2, 0.25) is 0 Å². The monoisotopic (exact) mass is 225 g/mol. The summed E-state index contributed by atoms with van der Waals surface area (Å²) in [6.45, 7) is 4.25. The topological polar surface area (TPSA) is 26.1 Å². The van der Waals surface area contributed by atoms with Crippen molar-refractivity contribution < 1.29 is 0 Å². The van der Waals surface area contributed by atoms with Gasteiger partial charge in [-0.1, -0.05) is 18.2 Å². The lowest BCUT2D eigenvalue weighted by atomic mass is 10.2. The van der Waals surface area contributed by atoms with Gasteiger partial charge in [-0.3, -0.25) is 0 Å². The van der Waals surface area contributed by atoms with Crippen molar-refractivity contribution in [2.45, 2.75) is 19.9 Å². The second-order valence-corrected chi connectivity index (χ2v) is 4.29. The zero-order chi connectivity index (χ0) is 12.1. The van der Waals surface area contributed by atoms with Gasteiger partial charge in [-0.2, -0.15) is 0 Å². The first-order valence-corrected chi connectivity index (χ1v) is 5.87. The molecule has 0 fully saturated rings. The van der Waals surface area contributed by atoms with Crippen LogP contribution >= 0.6 is 0 Å². The Labute approximate surface area is 103 Å². The number of para-hydroxylation sites is 1. The minimum Gasteiger partial charge on any atom is -0.383 e. The molecule has 2 aromatic carbocycles. The highest BCUT2D eigenvalue weighted by Crippen LogP contribution is 2.19. The van der Waals surface area contributed by atoms with Gasteiger partial charge in [0.15, 0.2) is 0 Å². The van der Waals surface area contributed by atoms with Gasteiger partial charge in [-0.25, -0.2) is 5.32 Å². The molecule has 0 saturated carbocycles. The summed E-state index contributed by atoms with van der Waals surface area (Å²) < 4.78 is 0. The second kappa shape index (κ2) is 5.39. The van der Waals surface area contributed by atoms with Crippen LogP contribution in [0.25, 0.3) is 0 Å².